The van der Waals surface area contributed by atoms with Crippen molar-refractivity contribution in [3.63, 3.8) is 0 Å². The second-order valence-corrected chi connectivity index (χ2v) is 8.19. The molecule has 0 unspecified atom stereocenters. The summed E-state index contributed by atoms with van der Waals surface area (Å²) in [5.41, 5.74) is 2.03. The van der Waals surface area contributed by atoms with Crippen molar-refractivity contribution in [1.82, 2.24) is 4.90 Å². The lowest BCUT2D eigenvalue weighted by molar-refractivity contribution is -0.155. The van der Waals surface area contributed by atoms with E-state index in [1.807, 2.05) is 66.4 Å². The molecule has 0 aliphatic carbocycles. The standard InChI is InChI=1S/C24H26N2O3/c1-2-29-22(27)20-15-18-11-8-14-26(18)24(20)19-12-6-7-13-21(19)25(23(24)28)16-17-9-4-3-5-10-17/h3-7,9-10,12-13,18,20H,2,8,11,14-16H2,1H3/t18-,20+,24+/m1/s1. The number of carbonyl (C=O) groups is 2. The minimum Gasteiger partial charge on any atom is -0.466 e. The van der Waals surface area contributed by atoms with E-state index < -0.39 is 11.5 Å². The monoisotopic (exact) mass is 390 g/mol. The summed E-state index contributed by atoms with van der Waals surface area (Å²) in [5, 5.41) is 0. The van der Waals surface area contributed by atoms with Crippen LogP contribution in [-0.4, -0.2) is 36.0 Å². The number of esters is 1. The van der Waals surface area contributed by atoms with Crippen LogP contribution in [-0.2, 0) is 26.4 Å². The molecule has 150 valence electrons. The number of para-hydroxylation sites is 1. The molecule has 1 spiro atoms. The van der Waals surface area contributed by atoms with Gasteiger partial charge in [-0.2, -0.15) is 0 Å². The van der Waals surface area contributed by atoms with Crippen LogP contribution in [0.3, 0.4) is 0 Å². The number of benzene rings is 2. The Kier molecular flexibility index (Phi) is 4.43. The molecule has 3 aliphatic heterocycles. The molecule has 3 atom stereocenters. The number of hydrogen-bond donors (Lipinski definition) is 0. The van der Waals surface area contributed by atoms with Crippen molar-refractivity contribution in [1.29, 1.82) is 0 Å². The van der Waals surface area contributed by atoms with E-state index in [2.05, 4.69) is 4.90 Å². The van der Waals surface area contributed by atoms with Crippen molar-refractivity contribution < 1.29 is 14.3 Å². The zero-order valence-corrected chi connectivity index (χ0v) is 16.7. The first-order valence-electron chi connectivity index (χ1n) is 10.6. The molecule has 5 nitrogen and oxygen atoms in total. The molecule has 2 aromatic rings. The van der Waals surface area contributed by atoms with Crippen LogP contribution in [0.25, 0.3) is 0 Å². The van der Waals surface area contributed by atoms with Crippen molar-refractivity contribution in [2.75, 3.05) is 18.1 Å². The van der Waals surface area contributed by atoms with Crippen LogP contribution in [0.5, 0.6) is 0 Å². The van der Waals surface area contributed by atoms with Gasteiger partial charge < -0.3 is 9.64 Å². The van der Waals surface area contributed by atoms with E-state index in [9.17, 15) is 9.59 Å². The summed E-state index contributed by atoms with van der Waals surface area (Å²) in [4.78, 5) is 31.3. The van der Waals surface area contributed by atoms with Crippen LogP contribution in [0.4, 0.5) is 5.69 Å². The molecule has 0 aromatic heterocycles. The van der Waals surface area contributed by atoms with Gasteiger partial charge in [0.25, 0.3) is 5.91 Å². The molecule has 0 bridgehead atoms. The van der Waals surface area contributed by atoms with E-state index in [-0.39, 0.29) is 17.9 Å². The average Bonchev–Trinajstić information content (AvgIpc) is 3.39. The second kappa shape index (κ2) is 6.99. The lowest BCUT2D eigenvalue weighted by Gasteiger charge is -2.37. The highest BCUT2D eigenvalue weighted by Gasteiger charge is 2.67. The fourth-order valence-electron chi connectivity index (χ4n) is 5.70. The lowest BCUT2D eigenvalue weighted by Crippen LogP contribution is -2.54. The van der Waals surface area contributed by atoms with Gasteiger partial charge in [0.2, 0.25) is 0 Å². The van der Waals surface area contributed by atoms with E-state index in [4.69, 9.17) is 4.74 Å². The first-order chi connectivity index (χ1) is 14.2. The van der Waals surface area contributed by atoms with E-state index >= 15 is 0 Å². The Bertz CT molecular complexity index is 944. The molecule has 5 heteroatoms. The molecule has 1 amide bonds. The van der Waals surface area contributed by atoms with Crippen LogP contribution in [0.1, 0.15) is 37.3 Å². The maximum atomic E-state index is 14.1. The van der Waals surface area contributed by atoms with Crippen LogP contribution < -0.4 is 4.90 Å². The van der Waals surface area contributed by atoms with Crippen LogP contribution in [0.2, 0.25) is 0 Å². The van der Waals surface area contributed by atoms with Gasteiger partial charge in [0.1, 0.15) is 5.54 Å². The molecule has 0 radical (unpaired) electrons. The molecule has 2 aromatic carbocycles. The first kappa shape index (κ1) is 18.4. The number of carbonyl (C=O) groups excluding carboxylic acids is 2. The normalized spacial score (nSPS) is 28.0. The fourth-order valence-corrected chi connectivity index (χ4v) is 5.70. The average molecular weight is 390 g/mol. The van der Waals surface area contributed by atoms with Gasteiger partial charge in [0.15, 0.2) is 0 Å². The minimum absolute atomic E-state index is 0.0185. The highest BCUT2D eigenvalue weighted by Crippen LogP contribution is 2.57. The Hall–Kier alpha value is -2.66. The molecule has 29 heavy (non-hydrogen) atoms. The lowest BCUT2D eigenvalue weighted by atomic mass is 9.79. The Balaban J connectivity index is 1.64. The summed E-state index contributed by atoms with van der Waals surface area (Å²) in [6.07, 6.45) is 2.79. The Morgan fingerprint density at radius 3 is 2.69 bits per heavy atom. The summed E-state index contributed by atoms with van der Waals surface area (Å²) >= 11 is 0. The molecule has 0 N–H and O–H groups in total. The topological polar surface area (TPSA) is 49.9 Å². The van der Waals surface area contributed by atoms with Gasteiger partial charge >= 0.3 is 5.97 Å². The number of fused-ring (bicyclic) bond motifs is 4. The van der Waals surface area contributed by atoms with Crippen molar-refractivity contribution >= 4 is 17.6 Å². The number of hydrogen-bond acceptors (Lipinski definition) is 4. The third-order valence-electron chi connectivity index (χ3n) is 6.77. The maximum absolute atomic E-state index is 14.1. The molecular weight excluding hydrogens is 364 g/mol. The van der Waals surface area contributed by atoms with Crippen LogP contribution in [0.15, 0.2) is 54.6 Å². The van der Waals surface area contributed by atoms with Gasteiger partial charge in [0.05, 0.1) is 19.1 Å². The van der Waals surface area contributed by atoms with Crippen LogP contribution >= 0.6 is 0 Å². The van der Waals surface area contributed by atoms with Gasteiger partial charge in [-0.05, 0) is 44.4 Å². The zero-order chi connectivity index (χ0) is 20.0. The smallest absolute Gasteiger partial charge is 0.311 e. The van der Waals surface area contributed by atoms with Gasteiger partial charge in [-0.3, -0.25) is 14.5 Å². The van der Waals surface area contributed by atoms with Crippen molar-refractivity contribution in [3.8, 4) is 0 Å². The van der Waals surface area contributed by atoms with Gasteiger partial charge in [-0.15, -0.1) is 0 Å². The van der Waals surface area contributed by atoms with Crippen molar-refractivity contribution in [2.24, 2.45) is 5.92 Å². The highest BCUT2D eigenvalue weighted by molar-refractivity contribution is 6.10. The van der Waals surface area contributed by atoms with Gasteiger partial charge in [0, 0.05) is 17.3 Å². The van der Waals surface area contributed by atoms with Gasteiger partial charge in [-0.1, -0.05) is 48.5 Å². The molecule has 0 saturated carbocycles. The molecule has 3 aliphatic rings. The molecular formula is C24H26N2O3. The van der Waals surface area contributed by atoms with E-state index in [0.29, 0.717) is 19.6 Å². The minimum atomic E-state index is -0.932. The second-order valence-electron chi connectivity index (χ2n) is 8.19. The molecule has 5 rings (SSSR count). The summed E-state index contributed by atoms with van der Waals surface area (Å²) < 4.78 is 5.46. The number of nitrogens with zero attached hydrogens (tertiary/aromatic N) is 2. The predicted molar refractivity (Wildman–Crippen MR) is 110 cm³/mol. The summed E-state index contributed by atoms with van der Waals surface area (Å²) in [5.74, 6) is -0.682. The third kappa shape index (κ3) is 2.57. The van der Waals surface area contributed by atoms with Gasteiger partial charge in [-0.25, -0.2) is 0 Å². The molecule has 2 fully saturated rings. The third-order valence-corrected chi connectivity index (χ3v) is 6.77. The van der Waals surface area contributed by atoms with E-state index in [0.717, 1.165) is 36.2 Å². The zero-order valence-electron chi connectivity index (χ0n) is 16.7. The Morgan fingerprint density at radius 2 is 1.90 bits per heavy atom. The Labute approximate surface area is 171 Å². The number of amides is 1. The summed E-state index contributed by atoms with van der Waals surface area (Å²) in [7, 11) is 0. The number of anilines is 1. The Morgan fingerprint density at radius 1 is 1.14 bits per heavy atom. The largest absolute Gasteiger partial charge is 0.466 e. The molecule has 3 heterocycles. The van der Waals surface area contributed by atoms with Crippen LogP contribution in [0, 0.1) is 5.92 Å². The highest BCUT2D eigenvalue weighted by atomic mass is 16.5. The molecule has 2 saturated heterocycles. The number of rotatable bonds is 4. The first-order valence-corrected chi connectivity index (χ1v) is 10.6. The summed E-state index contributed by atoms with van der Waals surface area (Å²) in [6.45, 7) is 3.51. The SMILES string of the molecule is CCOC(=O)[C@@H]1C[C@H]2CCCN2[C@]12C(=O)N(Cc1ccccc1)c1ccccc12. The fraction of sp³-hybridized carbons (Fsp3) is 0.417. The maximum Gasteiger partial charge on any atom is 0.311 e. The predicted octanol–water partition coefficient (Wildman–Crippen LogP) is 3.48. The summed E-state index contributed by atoms with van der Waals surface area (Å²) in [6, 6.07) is 18.3. The van der Waals surface area contributed by atoms with E-state index in [1.54, 1.807) is 0 Å². The quantitative estimate of drug-likeness (QED) is 0.750. The van der Waals surface area contributed by atoms with Crippen molar-refractivity contribution in [2.45, 2.75) is 44.3 Å². The van der Waals surface area contributed by atoms with Crippen molar-refractivity contribution in [3.05, 3.63) is 65.7 Å². The number of ether oxygens (including phenoxy) is 1. The van der Waals surface area contributed by atoms with E-state index in [1.165, 1.54) is 0 Å².